The van der Waals surface area contributed by atoms with Crippen LogP contribution < -0.4 is 5.30 Å². The Bertz CT molecular complexity index is 720. The Morgan fingerprint density at radius 1 is 0.950 bits per heavy atom. The van der Waals surface area contributed by atoms with Gasteiger partial charge in [0.15, 0.2) is 0 Å². The first kappa shape index (κ1) is 13.1. The van der Waals surface area contributed by atoms with Crippen LogP contribution in [0.25, 0.3) is 0 Å². The predicted octanol–water partition coefficient (Wildman–Crippen LogP) is 3.70. The lowest BCUT2D eigenvalue weighted by Crippen LogP contribution is -2.33. The van der Waals surface area contributed by atoms with Crippen LogP contribution in [0.5, 0.6) is 0 Å². The van der Waals surface area contributed by atoms with E-state index in [-0.39, 0.29) is 0 Å². The van der Waals surface area contributed by atoms with E-state index >= 15 is 0 Å². The molecule has 1 aliphatic heterocycles. The number of rotatable bonds is 1. The average Bonchev–Trinajstić information content (AvgIpc) is 2.46. The normalized spacial score (nSPS) is 23.8. The Morgan fingerprint density at radius 2 is 1.55 bits per heavy atom. The molecule has 0 spiro atoms. The average molecular weight is 286 g/mol. The van der Waals surface area contributed by atoms with Gasteiger partial charge in [-0.05, 0) is 37.6 Å². The lowest BCUT2D eigenvalue weighted by atomic mass is 9.96. The molecular weight excluding hydrogens is 271 g/mol. The van der Waals surface area contributed by atoms with E-state index in [9.17, 15) is 9.36 Å². The maximum absolute atomic E-state index is 13.4. The van der Waals surface area contributed by atoms with Gasteiger partial charge in [0.2, 0.25) is 0 Å². The quantitative estimate of drug-likeness (QED) is 0.751. The molecule has 1 unspecified atom stereocenters. The molecule has 0 amide bonds. The summed E-state index contributed by atoms with van der Waals surface area (Å²) in [6.07, 6.45) is 0. The SMILES string of the molecule is CC1(C)c2ccccc2C(=O)OP1(=O)c1ccccc1. The zero-order valence-electron chi connectivity index (χ0n) is 11.4. The molecule has 1 heterocycles. The summed E-state index contributed by atoms with van der Waals surface area (Å²) in [5.41, 5.74) is 1.28. The van der Waals surface area contributed by atoms with Gasteiger partial charge in [0.1, 0.15) is 0 Å². The number of benzene rings is 2. The fourth-order valence-electron chi connectivity index (χ4n) is 2.63. The molecule has 2 aromatic rings. The van der Waals surface area contributed by atoms with Gasteiger partial charge in [0.25, 0.3) is 7.37 Å². The van der Waals surface area contributed by atoms with Crippen LogP contribution in [0.2, 0.25) is 0 Å². The Morgan fingerprint density at radius 3 is 2.25 bits per heavy atom. The topological polar surface area (TPSA) is 43.4 Å². The fraction of sp³-hybridized carbons (Fsp3) is 0.188. The molecule has 1 atom stereocenters. The number of hydrogen-bond donors (Lipinski definition) is 0. The number of fused-ring (bicyclic) bond motifs is 1. The maximum Gasteiger partial charge on any atom is 0.343 e. The van der Waals surface area contributed by atoms with E-state index in [0.717, 1.165) is 5.56 Å². The van der Waals surface area contributed by atoms with E-state index in [1.807, 2.05) is 32.0 Å². The van der Waals surface area contributed by atoms with Gasteiger partial charge in [-0.15, -0.1) is 0 Å². The van der Waals surface area contributed by atoms with Gasteiger partial charge in [-0.25, -0.2) is 4.79 Å². The molecule has 0 radical (unpaired) electrons. The van der Waals surface area contributed by atoms with E-state index in [4.69, 9.17) is 4.52 Å². The van der Waals surface area contributed by atoms with Crippen LogP contribution in [-0.4, -0.2) is 5.97 Å². The first-order chi connectivity index (χ1) is 9.47. The summed E-state index contributed by atoms with van der Waals surface area (Å²) >= 11 is 0. The molecule has 0 bridgehead atoms. The molecule has 4 heteroatoms. The highest BCUT2D eigenvalue weighted by Crippen LogP contribution is 2.66. The second kappa shape index (κ2) is 4.32. The summed E-state index contributed by atoms with van der Waals surface area (Å²) < 4.78 is 18.8. The van der Waals surface area contributed by atoms with Crippen LogP contribution in [0.3, 0.4) is 0 Å². The van der Waals surface area contributed by atoms with Gasteiger partial charge in [0.05, 0.1) is 10.7 Å². The van der Waals surface area contributed by atoms with Crippen molar-refractivity contribution in [1.82, 2.24) is 0 Å². The highest BCUT2D eigenvalue weighted by atomic mass is 31.2. The van der Waals surface area contributed by atoms with Crippen molar-refractivity contribution in [2.24, 2.45) is 0 Å². The summed E-state index contributed by atoms with van der Waals surface area (Å²) in [5, 5.41) is -0.161. The minimum Gasteiger partial charge on any atom is -0.404 e. The minimum atomic E-state index is -3.31. The van der Waals surface area contributed by atoms with Crippen molar-refractivity contribution in [3.05, 3.63) is 65.7 Å². The fourth-order valence-corrected chi connectivity index (χ4v) is 5.02. The maximum atomic E-state index is 13.4. The first-order valence-electron chi connectivity index (χ1n) is 6.46. The Labute approximate surface area is 118 Å². The van der Waals surface area contributed by atoms with Gasteiger partial charge >= 0.3 is 5.97 Å². The van der Waals surface area contributed by atoms with Gasteiger partial charge in [-0.2, -0.15) is 0 Å². The van der Waals surface area contributed by atoms with Crippen LogP contribution in [-0.2, 0) is 14.2 Å². The molecule has 0 fully saturated rings. The third-order valence-corrected chi connectivity index (χ3v) is 6.96. The lowest BCUT2D eigenvalue weighted by Gasteiger charge is -2.38. The Kier molecular flexibility index (Phi) is 2.84. The van der Waals surface area contributed by atoms with Crippen LogP contribution in [0, 0.1) is 0 Å². The van der Waals surface area contributed by atoms with E-state index in [2.05, 4.69) is 0 Å². The van der Waals surface area contributed by atoms with Crippen molar-refractivity contribution in [2.45, 2.75) is 19.0 Å². The number of hydrogen-bond acceptors (Lipinski definition) is 3. The molecule has 1 aliphatic rings. The lowest BCUT2D eigenvalue weighted by molar-refractivity contribution is 0.0723. The van der Waals surface area contributed by atoms with E-state index in [0.29, 0.717) is 10.9 Å². The predicted molar refractivity (Wildman–Crippen MR) is 78.6 cm³/mol. The van der Waals surface area contributed by atoms with E-state index < -0.39 is 18.5 Å². The van der Waals surface area contributed by atoms with E-state index in [1.165, 1.54) is 0 Å². The second-order valence-corrected chi connectivity index (χ2v) is 8.29. The van der Waals surface area contributed by atoms with Gasteiger partial charge in [0, 0.05) is 5.30 Å². The third-order valence-electron chi connectivity index (χ3n) is 3.85. The molecule has 0 aliphatic carbocycles. The molecule has 0 saturated heterocycles. The van der Waals surface area contributed by atoms with Crippen LogP contribution in [0.1, 0.15) is 29.8 Å². The molecular formula is C16H15O3P. The molecule has 3 rings (SSSR count). The van der Waals surface area contributed by atoms with Crippen molar-refractivity contribution in [1.29, 1.82) is 0 Å². The number of carbonyl (C=O) groups is 1. The van der Waals surface area contributed by atoms with Crippen molar-refractivity contribution in [3.63, 3.8) is 0 Å². The molecule has 0 saturated carbocycles. The standard InChI is InChI=1S/C16H15O3P/c1-16(2)14-11-7-6-10-13(14)15(17)19-20(16,18)12-8-4-3-5-9-12/h3-11H,1-2H3. The van der Waals surface area contributed by atoms with Gasteiger partial charge in [-0.3, -0.25) is 4.57 Å². The molecule has 2 aromatic carbocycles. The Hall–Kier alpha value is -1.86. The third kappa shape index (κ3) is 1.66. The van der Waals surface area contributed by atoms with E-state index in [1.54, 1.807) is 36.4 Å². The smallest absolute Gasteiger partial charge is 0.343 e. The summed E-state index contributed by atoms with van der Waals surface area (Å²) in [5.74, 6) is -0.507. The second-order valence-electron chi connectivity index (χ2n) is 5.37. The van der Waals surface area contributed by atoms with Crippen molar-refractivity contribution < 1.29 is 13.9 Å². The summed E-state index contributed by atoms with van der Waals surface area (Å²) in [6.45, 7) is 3.73. The molecule has 20 heavy (non-hydrogen) atoms. The highest BCUT2D eigenvalue weighted by Gasteiger charge is 2.52. The molecule has 3 nitrogen and oxygen atoms in total. The highest BCUT2D eigenvalue weighted by molar-refractivity contribution is 7.68. The minimum absolute atomic E-state index is 0.500. The zero-order chi connectivity index (χ0) is 14.4. The summed E-state index contributed by atoms with van der Waals surface area (Å²) in [7, 11) is -3.31. The molecule has 102 valence electrons. The zero-order valence-corrected chi connectivity index (χ0v) is 12.3. The number of carbonyl (C=O) groups excluding carboxylic acids is 1. The molecule has 0 N–H and O–H groups in total. The summed E-state index contributed by atoms with van der Waals surface area (Å²) in [4.78, 5) is 12.2. The summed E-state index contributed by atoms with van der Waals surface area (Å²) in [6, 6.07) is 16.2. The van der Waals surface area contributed by atoms with Crippen molar-refractivity contribution in [3.8, 4) is 0 Å². The van der Waals surface area contributed by atoms with Gasteiger partial charge in [-0.1, -0.05) is 36.4 Å². The Balaban J connectivity index is 2.27. The molecule has 0 aromatic heterocycles. The van der Waals surface area contributed by atoms with Crippen LogP contribution in [0.4, 0.5) is 0 Å². The first-order valence-corrected chi connectivity index (χ1v) is 8.08. The van der Waals surface area contributed by atoms with Crippen molar-refractivity contribution in [2.75, 3.05) is 0 Å². The van der Waals surface area contributed by atoms with Gasteiger partial charge < -0.3 is 4.52 Å². The van der Waals surface area contributed by atoms with Crippen molar-refractivity contribution >= 4 is 18.6 Å². The van der Waals surface area contributed by atoms with Crippen LogP contribution in [0.15, 0.2) is 54.6 Å². The largest absolute Gasteiger partial charge is 0.404 e. The monoisotopic (exact) mass is 286 g/mol. The van der Waals surface area contributed by atoms with Crippen LogP contribution >= 0.6 is 7.37 Å².